The van der Waals surface area contributed by atoms with Gasteiger partial charge < -0.3 is 9.80 Å². The quantitative estimate of drug-likeness (QED) is 0.186. The van der Waals surface area contributed by atoms with Crippen LogP contribution in [0.3, 0.4) is 0 Å². The molecule has 1 fully saturated rings. The standard InChI is InChI=1S/C31H56N2O2/c1-7-13-21-32(22-14-8-2)28(34)25-27(29(35)33(23-15-9-3)24-16-10-4)31-19-17-26(18-20-31)30(31,11-5)12-6/h17,19,26-27H,7-16,18,20-25H2,1-6H3. The molecule has 0 aromatic heterocycles. The van der Waals surface area contributed by atoms with Gasteiger partial charge in [-0.1, -0.05) is 79.4 Å². The lowest BCUT2D eigenvalue weighted by Crippen LogP contribution is -2.51. The van der Waals surface area contributed by atoms with Crippen molar-refractivity contribution >= 4 is 11.8 Å². The SMILES string of the molecule is CCCCN(CCCC)C(=O)CC(C(=O)N(CCCC)CCCC)C12C=CC(CC1)C2(CC)CC. The van der Waals surface area contributed by atoms with Crippen LogP contribution >= 0.6 is 0 Å². The highest BCUT2D eigenvalue weighted by molar-refractivity contribution is 5.87. The summed E-state index contributed by atoms with van der Waals surface area (Å²) in [6.45, 7) is 16.7. The van der Waals surface area contributed by atoms with Crippen LogP contribution in [0, 0.1) is 22.7 Å². The van der Waals surface area contributed by atoms with Crippen LogP contribution in [0.15, 0.2) is 12.2 Å². The summed E-state index contributed by atoms with van der Waals surface area (Å²) in [4.78, 5) is 32.5. The Balaban J connectivity index is 2.44. The molecule has 3 atom stereocenters. The van der Waals surface area contributed by atoms with E-state index in [9.17, 15) is 9.59 Å². The lowest BCUT2D eigenvalue weighted by molar-refractivity contribution is -0.148. The normalized spacial score (nSPS) is 23.0. The highest BCUT2D eigenvalue weighted by atomic mass is 16.2. The zero-order valence-electron chi connectivity index (χ0n) is 24.0. The van der Waals surface area contributed by atoms with Crippen molar-refractivity contribution in [2.24, 2.45) is 22.7 Å². The summed E-state index contributed by atoms with van der Waals surface area (Å²) in [6, 6.07) is 0. The Morgan fingerprint density at radius 2 is 1.29 bits per heavy atom. The molecular weight excluding hydrogens is 432 g/mol. The number of fused-ring (bicyclic) bond motifs is 2. The smallest absolute Gasteiger partial charge is 0.227 e. The van der Waals surface area contributed by atoms with E-state index in [2.05, 4.69) is 63.5 Å². The van der Waals surface area contributed by atoms with Crippen molar-refractivity contribution in [3.8, 4) is 0 Å². The molecule has 2 aliphatic carbocycles. The minimum absolute atomic E-state index is 0.118. The summed E-state index contributed by atoms with van der Waals surface area (Å²) >= 11 is 0. The molecule has 3 unspecified atom stereocenters. The average Bonchev–Trinajstić information content (AvgIpc) is 3.37. The first-order chi connectivity index (χ1) is 16.9. The maximum absolute atomic E-state index is 14.5. The van der Waals surface area contributed by atoms with Gasteiger partial charge in [0, 0.05) is 38.0 Å². The molecule has 0 saturated heterocycles. The summed E-state index contributed by atoms with van der Waals surface area (Å²) in [5.41, 5.74) is -0.0573. The van der Waals surface area contributed by atoms with Crippen molar-refractivity contribution in [1.29, 1.82) is 0 Å². The molecule has 2 aliphatic rings. The molecule has 0 radical (unpaired) electrons. The number of hydrogen-bond acceptors (Lipinski definition) is 2. The number of rotatable bonds is 18. The Morgan fingerprint density at radius 3 is 1.69 bits per heavy atom. The van der Waals surface area contributed by atoms with Crippen LogP contribution in [0.25, 0.3) is 0 Å². The fraction of sp³-hybridized carbons (Fsp3) is 0.871. The summed E-state index contributed by atoms with van der Waals surface area (Å²) in [6.07, 6.45) is 18.1. The molecule has 0 aromatic carbocycles. The van der Waals surface area contributed by atoms with Gasteiger partial charge in [-0.3, -0.25) is 9.59 Å². The molecule has 1 saturated carbocycles. The third-order valence-corrected chi connectivity index (χ3v) is 9.48. The molecule has 0 aromatic rings. The molecule has 202 valence electrons. The number of amides is 2. The van der Waals surface area contributed by atoms with E-state index in [1.54, 1.807) is 0 Å². The zero-order chi connectivity index (χ0) is 25.9. The Kier molecular flexibility index (Phi) is 12.3. The van der Waals surface area contributed by atoms with Crippen LogP contribution in [0.4, 0.5) is 0 Å². The van der Waals surface area contributed by atoms with Crippen LogP contribution in [0.5, 0.6) is 0 Å². The molecule has 0 heterocycles. The Bertz CT molecular complexity index is 667. The van der Waals surface area contributed by atoms with E-state index in [1.807, 2.05) is 0 Å². The second-order valence-electron chi connectivity index (χ2n) is 11.3. The summed E-state index contributed by atoms with van der Waals surface area (Å²) in [5, 5.41) is 0. The number of carbonyl (C=O) groups excluding carboxylic acids is 2. The minimum Gasteiger partial charge on any atom is -0.343 e. The van der Waals surface area contributed by atoms with Gasteiger partial charge in [-0.2, -0.15) is 0 Å². The summed E-state index contributed by atoms with van der Waals surface area (Å²) in [7, 11) is 0. The van der Waals surface area contributed by atoms with Gasteiger partial charge in [-0.15, -0.1) is 0 Å². The van der Waals surface area contributed by atoms with E-state index in [0.29, 0.717) is 12.3 Å². The lowest BCUT2D eigenvalue weighted by atomic mass is 9.56. The van der Waals surface area contributed by atoms with Gasteiger partial charge in [-0.25, -0.2) is 0 Å². The maximum atomic E-state index is 14.5. The first kappa shape index (κ1) is 29.9. The Morgan fingerprint density at radius 1 is 0.800 bits per heavy atom. The van der Waals surface area contributed by atoms with Crippen molar-refractivity contribution in [2.45, 2.75) is 125 Å². The molecule has 0 spiro atoms. The molecule has 2 bridgehead atoms. The van der Waals surface area contributed by atoms with Crippen LogP contribution in [0.2, 0.25) is 0 Å². The van der Waals surface area contributed by atoms with E-state index in [-0.39, 0.29) is 28.6 Å². The highest BCUT2D eigenvalue weighted by Gasteiger charge is 2.64. The number of allylic oxidation sites excluding steroid dienone is 2. The van der Waals surface area contributed by atoms with E-state index in [0.717, 1.165) is 103 Å². The van der Waals surface area contributed by atoms with Gasteiger partial charge in [0.15, 0.2) is 0 Å². The van der Waals surface area contributed by atoms with Crippen molar-refractivity contribution in [2.75, 3.05) is 26.2 Å². The van der Waals surface area contributed by atoms with Crippen molar-refractivity contribution in [3.05, 3.63) is 12.2 Å². The summed E-state index contributed by atoms with van der Waals surface area (Å²) < 4.78 is 0. The fourth-order valence-electron chi connectivity index (χ4n) is 7.26. The van der Waals surface area contributed by atoms with Crippen molar-refractivity contribution in [3.63, 3.8) is 0 Å². The summed E-state index contributed by atoms with van der Waals surface area (Å²) in [5.74, 6) is 0.775. The van der Waals surface area contributed by atoms with Crippen molar-refractivity contribution in [1.82, 2.24) is 9.80 Å². The molecular formula is C31H56N2O2. The van der Waals surface area contributed by atoms with E-state index < -0.39 is 0 Å². The number of unbranched alkanes of at least 4 members (excludes halogenated alkanes) is 4. The lowest BCUT2D eigenvalue weighted by Gasteiger charge is -2.48. The fourth-order valence-corrected chi connectivity index (χ4v) is 7.26. The minimum atomic E-state index is -0.238. The Labute approximate surface area is 217 Å². The largest absolute Gasteiger partial charge is 0.343 e. The second-order valence-corrected chi connectivity index (χ2v) is 11.3. The van der Waals surface area contributed by atoms with Gasteiger partial charge in [0.05, 0.1) is 5.92 Å². The Hall–Kier alpha value is -1.32. The van der Waals surface area contributed by atoms with Gasteiger partial charge in [0.2, 0.25) is 11.8 Å². The topological polar surface area (TPSA) is 40.6 Å². The predicted octanol–water partition coefficient (Wildman–Crippen LogP) is 7.62. The molecule has 0 N–H and O–H groups in total. The molecule has 2 rings (SSSR count). The first-order valence-electron chi connectivity index (χ1n) is 15.2. The molecule has 35 heavy (non-hydrogen) atoms. The van der Waals surface area contributed by atoms with Gasteiger partial charge in [0.25, 0.3) is 0 Å². The number of nitrogens with zero attached hydrogens (tertiary/aromatic N) is 2. The molecule has 0 aliphatic heterocycles. The van der Waals surface area contributed by atoms with Crippen LogP contribution < -0.4 is 0 Å². The number of carbonyl (C=O) groups is 2. The predicted molar refractivity (Wildman–Crippen MR) is 148 cm³/mol. The number of hydrogen-bond donors (Lipinski definition) is 0. The second kappa shape index (κ2) is 14.4. The van der Waals surface area contributed by atoms with Gasteiger partial charge >= 0.3 is 0 Å². The highest BCUT2D eigenvalue weighted by Crippen LogP contribution is 2.69. The van der Waals surface area contributed by atoms with Gasteiger partial charge in [-0.05, 0) is 62.7 Å². The third-order valence-electron chi connectivity index (χ3n) is 9.48. The van der Waals surface area contributed by atoms with E-state index in [4.69, 9.17) is 0 Å². The average molecular weight is 489 g/mol. The van der Waals surface area contributed by atoms with Crippen LogP contribution in [-0.2, 0) is 9.59 Å². The van der Waals surface area contributed by atoms with Crippen LogP contribution in [-0.4, -0.2) is 47.8 Å². The third kappa shape index (κ3) is 6.34. The van der Waals surface area contributed by atoms with Crippen LogP contribution in [0.1, 0.15) is 125 Å². The van der Waals surface area contributed by atoms with E-state index >= 15 is 0 Å². The van der Waals surface area contributed by atoms with Gasteiger partial charge in [0.1, 0.15) is 0 Å². The molecule has 2 amide bonds. The monoisotopic (exact) mass is 488 g/mol. The molecule has 4 nitrogen and oxygen atoms in total. The first-order valence-corrected chi connectivity index (χ1v) is 15.2. The molecule has 4 heteroatoms. The van der Waals surface area contributed by atoms with Crippen molar-refractivity contribution < 1.29 is 9.59 Å². The zero-order valence-corrected chi connectivity index (χ0v) is 24.0. The van der Waals surface area contributed by atoms with E-state index in [1.165, 1.54) is 0 Å². The maximum Gasteiger partial charge on any atom is 0.227 e.